The number of anilines is 1. The summed E-state index contributed by atoms with van der Waals surface area (Å²) in [6.45, 7) is 3.62. The Kier molecular flexibility index (Phi) is 4.26. The summed E-state index contributed by atoms with van der Waals surface area (Å²) in [5, 5.41) is 0. The van der Waals surface area contributed by atoms with Crippen molar-refractivity contribution in [2.24, 2.45) is 0 Å². The van der Waals surface area contributed by atoms with Crippen molar-refractivity contribution in [2.75, 3.05) is 18.9 Å². The van der Waals surface area contributed by atoms with Crippen LogP contribution in [0.2, 0.25) is 0 Å². The Labute approximate surface area is 78.9 Å². The molecule has 1 aromatic heterocycles. The molecule has 0 saturated carbocycles. The molecule has 13 heavy (non-hydrogen) atoms. The average molecular weight is 180 g/mol. The van der Waals surface area contributed by atoms with Crippen LogP contribution < -0.4 is 5.73 Å². The number of nitrogen functional groups attached to an aromatic ring is 1. The van der Waals surface area contributed by atoms with E-state index in [0.29, 0.717) is 5.82 Å². The van der Waals surface area contributed by atoms with E-state index in [0.717, 1.165) is 26.1 Å². The summed E-state index contributed by atoms with van der Waals surface area (Å²) < 4.78 is 5.23. The van der Waals surface area contributed by atoms with E-state index in [2.05, 4.69) is 4.98 Å². The van der Waals surface area contributed by atoms with Crippen molar-refractivity contribution in [3.05, 3.63) is 23.9 Å². The second-order valence-corrected chi connectivity index (χ2v) is 2.89. The molecule has 0 aliphatic rings. The van der Waals surface area contributed by atoms with Gasteiger partial charge in [-0.25, -0.2) is 4.98 Å². The fourth-order valence-corrected chi connectivity index (χ4v) is 1.11. The molecule has 0 bridgehead atoms. The van der Waals surface area contributed by atoms with Crippen molar-refractivity contribution in [2.45, 2.75) is 19.8 Å². The minimum atomic E-state index is 0.577. The molecule has 0 amide bonds. The monoisotopic (exact) mass is 180 g/mol. The smallest absolute Gasteiger partial charge is 0.123 e. The highest BCUT2D eigenvalue weighted by atomic mass is 16.5. The Morgan fingerprint density at radius 2 is 2.31 bits per heavy atom. The van der Waals surface area contributed by atoms with Crippen LogP contribution in [-0.4, -0.2) is 18.2 Å². The Hall–Kier alpha value is -1.09. The van der Waals surface area contributed by atoms with Gasteiger partial charge in [-0.05, 0) is 31.4 Å². The van der Waals surface area contributed by atoms with Crippen molar-refractivity contribution >= 4 is 5.82 Å². The molecule has 0 saturated heterocycles. The van der Waals surface area contributed by atoms with Crippen LogP contribution in [-0.2, 0) is 11.2 Å². The molecule has 3 heteroatoms. The third-order valence-electron chi connectivity index (χ3n) is 1.81. The van der Waals surface area contributed by atoms with E-state index < -0.39 is 0 Å². The number of rotatable bonds is 5. The number of hydrogen-bond acceptors (Lipinski definition) is 3. The Morgan fingerprint density at radius 1 is 1.46 bits per heavy atom. The number of ether oxygens (including phenoxy) is 1. The van der Waals surface area contributed by atoms with Gasteiger partial charge in [0.25, 0.3) is 0 Å². The van der Waals surface area contributed by atoms with Gasteiger partial charge >= 0.3 is 0 Å². The van der Waals surface area contributed by atoms with Crippen LogP contribution in [0.1, 0.15) is 18.9 Å². The van der Waals surface area contributed by atoms with Crippen molar-refractivity contribution in [3.8, 4) is 0 Å². The van der Waals surface area contributed by atoms with Gasteiger partial charge in [0.15, 0.2) is 0 Å². The predicted molar refractivity (Wildman–Crippen MR) is 53.5 cm³/mol. The molecular formula is C10H16N2O. The summed E-state index contributed by atoms with van der Waals surface area (Å²) in [4.78, 5) is 4.01. The van der Waals surface area contributed by atoms with Crippen LogP contribution in [0.5, 0.6) is 0 Å². The van der Waals surface area contributed by atoms with E-state index in [-0.39, 0.29) is 0 Å². The molecule has 1 aromatic rings. The number of nitrogens with two attached hydrogens (primary N) is 1. The van der Waals surface area contributed by atoms with Gasteiger partial charge in [0.05, 0.1) is 0 Å². The SMILES string of the molecule is CCOCCCc1ccc(N)nc1. The van der Waals surface area contributed by atoms with Crippen LogP contribution in [0, 0.1) is 0 Å². The average Bonchev–Trinajstić information content (AvgIpc) is 2.15. The second-order valence-electron chi connectivity index (χ2n) is 2.89. The highest BCUT2D eigenvalue weighted by molar-refractivity contribution is 5.29. The standard InChI is InChI=1S/C10H16N2O/c1-2-13-7-3-4-9-5-6-10(11)12-8-9/h5-6,8H,2-4,7H2,1H3,(H2,11,12). The predicted octanol–water partition coefficient (Wildman–Crippen LogP) is 1.63. The molecular weight excluding hydrogens is 164 g/mol. The number of aromatic nitrogens is 1. The molecule has 0 atom stereocenters. The van der Waals surface area contributed by atoms with E-state index >= 15 is 0 Å². The molecule has 0 aromatic carbocycles. The zero-order valence-electron chi connectivity index (χ0n) is 7.99. The van der Waals surface area contributed by atoms with Gasteiger partial charge in [0, 0.05) is 19.4 Å². The lowest BCUT2D eigenvalue weighted by atomic mass is 10.2. The van der Waals surface area contributed by atoms with Crippen LogP contribution in [0.15, 0.2) is 18.3 Å². The van der Waals surface area contributed by atoms with Gasteiger partial charge in [-0.3, -0.25) is 0 Å². The summed E-state index contributed by atoms with van der Waals surface area (Å²) in [5.41, 5.74) is 6.68. The zero-order chi connectivity index (χ0) is 9.52. The summed E-state index contributed by atoms with van der Waals surface area (Å²) in [6.07, 6.45) is 3.87. The molecule has 0 radical (unpaired) electrons. The van der Waals surface area contributed by atoms with Crippen molar-refractivity contribution < 1.29 is 4.74 Å². The van der Waals surface area contributed by atoms with E-state index in [1.807, 2.05) is 25.3 Å². The van der Waals surface area contributed by atoms with Crippen LogP contribution >= 0.6 is 0 Å². The van der Waals surface area contributed by atoms with Gasteiger partial charge in [-0.2, -0.15) is 0 Å². The third-order valence-corrected chi connectivity index (χ3v) is 1.81. The zero-order valence-corrected chi connectivity index (χ0v) is 7.99. The van der Waals surface area contributed by atoms with E-state index in [4.69, 9.17) is 10.5 Å². The number of pyridine rings is 1. The van der Waals surface area contributed by atoms with Crippen molar-refractivity contribution in [3.63, 3.8) is 0 Å². The van der Waals surface area contributed by atoms with E-state index in [1.165, 1.54) is 5.56 Å². The molecule has 0 fully saturated rings. The summed E-state index contributed by atoms with van der Waals surface area (Å²) in [7, 11) is 0. The lowest BCUT2D eigenvalue weighted by Crippen LogP contribution is -1.97. The van der Waals surface area contributed by atoms with Gasteiger partial charge in [0.1, 0.15) is 5.82 Å². The molecule has 3 nitrogen and oxygen atoms in total. The third kappa shape index (κ3) is 3.90. The van der Waals surface area contributed by atoms with Gasteiger partial charge in [-0.15, -0.1) is 0 Å². The van der Waals surface area contributed by atoms with Crippen LogP contribution in [0.3, 0.4) is 0 Å². The van der Waals surface area contributed by atoms with Gasteiger partial charge in [0.2, 0.25) is 0 Å². The fraction of sp³-hybridized carbons (Fsp3) is 0.500. The van der Waals surface area contributed by atoms with E-state index in [1.54, 1.807) is 0 Å². The first-order valence-electron chi connectivity index (χ1n) is 4.61. The first-order valence-corrected chi connectivity index (χ1v) is 4.61. The number of nitrogens with zero attached hydrogens (tertiary/aromatic N) is 1. The normalized spacial score (nSPS) is 10.2. The van der Waals surface area contributed by atoms with Crippen LogP contribution in [0.25, 0.3) is 0 Å². The maximum absolute atomic E-state index is 5.47. The Balaban J connectivity index is 2.25. The van der Waals surface area contributed by atoms with Crippen molar-refractivity contribution in [1.29, 1.82) is 0 Å². The van der Waals surface area contributed by atoms with Gasteiger partial charge < -0.3 is 10.5 Å². The molecule has 0 aliphatic heterocycles. The fourth-order valence-electron chi connectivity index (χ4n) is 1.11. The Morgan fingerprint density at radius 3 is 2.92 bits per heavy atom. The van der Waals surface area contributed by atoms with Crippen LogP contribution in [0.4, 0.5) is 5.82 Å². The number of aryl methyl sites for hydroxylation is 1. The molecule has 0 unspecified atom stereocenters. The molecule has 0 aliphatic carbocycles. The topological polar surface area (TPSA) is 48.1 Å². The highest BCUT2D eigenvalue weighted by Gasteiger charge is 1.93. The van der Waals surface area contributed by atoms with Gasteiger partial charge in [-0.1, -0.05) is 6.07 Å². The molecule has 1 heterocycles. The quantitative estimate of drug-likeness (QED) is 0.701. The lowest BCUT2D eigenvalue weighted by molar-refractivity contribution is 0.145. The maximum atomic E-state index is 5.47. The summed E-state index contributed by atoms with van der Waals surface area (Å²) >= 11 is 0. The minimum Gasteiger partial charge on any atom is -0.384 e. The second kappa shape index (κ2) is 5.54. The Bertz CT molecular complexity index is 233. The molecule has 0 spiro atoms. The first-order chi connectivity index (χ1) is 6.33. The first kappa shape index (κ1) is 9.99. The molecule has 2 N–H and O–H groups in total. The summed E-state index contributed by atoms with van der Waals surface area (Å²) in [6, 6.07) is 3.84. The van der Waals surface area contributed by atoms with Crippen molar-refractivity contribution in [1.82, 2.24) is 4.98 Å². The van der Waals surface area contributed by atoms with E-state index in [9.17, 15) is 0 Å². The lowest BCUT2D eigenvalue weighted by Gasteiger charge is -2.01. The molecule has 72 valence electrons. The largest absolute Gasteiger partial charge is 0.384 e. The minimum absolute atomic E-state index is 0.577. The summed E-state index contributed by atoms with van der Waals surface area (Å²) in [5.74, 6) is 0.577. The molecule has 1 rings (SSSR count). The number of hydrogen-bond donors (Lipinski definition) is 1. The highest BCUT2D eigenvalue weighted by Crippen LogP contribution is 2.03. The maximum Gasteiger partial charge on any atom is 0.123 e.